The van der Waals surface area contributed by atoms with Crippen LogP contribution in [0.25, 0.3) is 0 Å². The van der Waals surface area contributed by atoms with E-state index in [9.17, 15) is 13.0 Å². The van der Waals surface area contributed by atoms with Crippen molar-refractivity contribution in [3.63, 3.8) is 0 Å². The second-order valence-electron chi connectivity index (χ2n) is 10.5. The van der Waals surface area contributed by atoms with Crippen LogP contribution in [-0.4, -0.2) is 13.0 Å². The lowest BCUT2D eigenvalue weighted by Gasteiger charge is -2.38. The molecular formula is C27H44O3S. The summed E-state index contributed by atoms with van der Waals surface area (Å²) >= 11 is 0. The van der Waals surface area contributed by atoms with E-state index in [0.717, 1.165) is 42.1 Å². The molecule has 3 rings (SSSR count). The predicted molar refractivity (Wildman–Crippen MR) is 129 cm³/mol. The Labute approximate surface area is 191 Å². The van der Waals surface area contributed by atoms with Crippen LogP contribution in [0.2, 0.25) is 0 Å². The Morgan fingerprint density at radius 3 is 1.90 bits per heavy atom. The largest absolute Gasteiger partial charge is 0.295 e. The molecule has 0 aliphatic heterocycles. The van der Waals surface area contributed by atoms with E-state index in [1.807, 2.05) is 12.1 Å². The van der Waals surface area contributed by atoms with Crippen molar-refractivity contribution in [1.82, 2.24) is 0 Å². The minimum atomic E-state index is -4.15. The first-order valence-corrected chi connectivity index (χ1v) is 14.4. The zero-order valence-electron chi connectivity index (χ0n) is 19.8. The van der Waals surface area contributed by atoms with Gasteiger partial charge in [0.2, 0.25) is 0 Å². The highest BCUT2D eigenvalue weighted by Gasteiger charge is 2.30. The maximum atomic E-state index is 11.8. The quantitative estimate of drug-likeness (QED) is 0.294. The molecule has 0 atom stereocenters. The Balaban J connectivity index is 1.38. The molecule has 0 unspecified atom stereocenters. The fourth-order valence-electron chi connectivity index (χ4n) is 6.44. The molecule has 1 aromatic rings. The van der Waals surface area contributed by atoms with Gasteiger partial charge in [0.15, 0.2) is 0 Å². The third kappa shape index (κ3) is 7.32. The van der Waals surface area contributed by atoms with E-state index in [2.05, 4.69) is 6.92 Å². The lowest BCUT2D eigenvalue weighted by atomic mass is 9.68. The van der Waals surface area contributed by atoms with Gasteiger partial charge in [0, 0.05) is 0 Å². The maximum Gasteiger partial charge on any atom is 0.295 e. The summed E-state index contributed by atoms with van der Waals surface area (Å²) in [5.74, 6) is 3.73. The molecule has 31 heavy (non-hydrogen) atoms. The summed E-state index contributed by atoms with van der Waals surface area (Å²) in [6.07, 6.45) is 19.9. The maximum absolute atomic E-state index is 11.8. The molecule has 1 N–H and O–H groups in total. The van der Waals surface area contributed by atoms with E-state index in [0.29, 0.717) is 5.56 Å². The minimum Gasteiger partial charge on any atom is -0.282 e. The summed E-state index contributed by atoms with van der Waals surface area (Å²) in [4.78, 5) is 0.129. The van der Waals surface area contributed by atoms with Crippen LogP contribution in [0.4, 0.5) is 0 Å². The molecule has 0 aromatic heterocycles. The lowest BCUT2D eigenvalue weighted by Crippen LogP contribution is -2.26. The fourth-order valence-corrected chi connectivity index (χ4v) is 7.42. The Morgan fingerprint density at radius 1 is 0.839 bits per heavy atom. The Bertz CT molecular complexity index is 770. The van der Waals surface area contributed by atoms with Crippen LogP contribution in [0.1, 0.15) is 108 Å². The molecule has 0 spiro atoms. The van der Waals surface area contributed by atoms with Gasteiger partial charge in [-0.05, 0) is 80.2 Å². The van der Waals surface area contributed by atoms with Gasteiger partial charge >= 0.3 is 0 Å². The van der Waals surface area contributed by atoms with E-state index in [1.165, 1.54) is 83.5 Å². The Hall–Kier alpha value is -0.870. The summed E-state index contributed by atoms with van der Waals surface area (Å²) in [5.41, 5.74) is 1.41. The highest BCUT2D eigenvalue weighted by molar-refractivity contribution is 7.86. The molecule has 3 nitrogen and oxygen atoms in total. The van der Waals surface area contributed by atoms with Crippen LogP contribution >= 0.6 is 0 Å². The molecule has 2 aliphatic carbocycles. The zero-order valence-corrected chi connectivity index (χ0v) is 20.6. The topological polar surface area (TPSA) is 54.4 Å². The Morgan fingerprint density at radius 2 is 1.39 bits per heavy atom. The van der Waals surface area contributed by atoms with Crippen molar-refractivity contribution in [2.24, 2.45) is 23.7 Å². The van der Waals surface area contributed by atoms with Crippen LogP contribution in [0.3, 0.4) is 0 Å². The van der Waals surface area contributed by atoms with Crippen molar-refractivity contribution >= 4 is 10.1 Å². The second-order valence-corrected chi connectivity index (χ2v) is 11.8. The van der Waals surface area contributed by atoms with Gasteiger partial charge in [-0.3, -0.25) is 4.55 Å². The van der Waals surface area contributed by atoms with Crippen LogP contribution in [0.5, 0.6) is 0 Å². The zero-order chi connectivity index (χ0) is 22.3. The summed E-state index contributed by atoms with van der Waals surface area (Å²) in [7, 11) is -4.15. The number of hydrogen-bond donors (Lipinski definition) is 1. The Kier molecular flexibility index (Phi) is 9.46. The minimum absolute atomic E-state index is 0.129. The number of aryl methyl sites for hydroxylation is 2. The molecule has 1 aromatic carbocycles. The molecule has 4 heteroatoms. The van der Waals surface area contributed by atoms with Crippen molar-refractivity contribution in [2.75, 3.05) is 0 Å². The van der Waals surface area contributed by atoms with Crippen LogP contribution in [0.15, 0.2) is 23.1 Å². The summed E-state index contributed by atoms with van der Waals surface area (Å²) < 4.78 is 33.1. The molecule has 0 saturated heterocycles. The fraction of sp³-hybridized carbons (Fsp3) is 0.778. The molecule has 0 bridgehead atoms. The third-order valence-electron chi connectivity index (χ3n) is 8.28. The van der Waals surface area contributed by atoms with Crippen LogP contribution in [0, 0.1) is 30.6 Å². The number of benzene rings is 1. The van der Waals surface area contributed by atoms with Gasteiger partial charge in [-0.1, -0.05) is 82.9 Å². The van der Waals surface area contributed by atoms with Crippen molar-refractivity contribution in [2.45, 2.75) is 115 Å². The smallest absolute Gasteiger partial charge is 0.282 e. The van der Waals surface area contributed by atoms with E-state index in [4.69, 9.17) is 0 Å². The molecule has 0 radical (unpaired) electrons. The SMILES string of the molecule is CCCCCC1CCC(C2CCC(CCCc3cccc(C)c3S(=O)(=O)O)CC2)CC1. The molecule has 2 fully saturated rings. The van der Waals surface area contributed by atoms with Crippen LogP contribution < -0.4 is 0 Å². The summed E-state index contributed by atoms with van der Waals surface area (Å²) in [6, 6.07) is 5.50. The van der Waals surface area contributed by atoms with Gasteiger partial charge in [0.25, 0.3) is 10.1 Å². The third-order valence-corrected chi connectivity index (χ3v) is 9.38. The first kappa shape index (κ1) is 24.8. The van der Waals surface area contributed by atoms with Gasteiger partial charge < -0.3 is 0 Å². The number of rotatable bonds is 10. The van der Waals surface area contributed by atoms with Gasteiger partial charge in [-0.2, -0.15) is 8.42 Å². The average molecular weight is 449 g/mol. The van der Waals surface area contributed by atoms with Gasteiger partial charge in [0.05, 0.1) is 4.90 Å². The monoisotopic (exact) mass is 448 g/mol. The first-order chi connectivity index (χ1) is 14.9. The van der Waals surface area contributed by atoms with E-state index >= 15 is 0 Å². The molecule has 2 aliphatic rings. The lowest BCUT2D eigenvalue weighted by molar-refractivity contribution is 0.140. The standard InChI is InChI=1S/C27H44O3S/c1-3-4-5-9-22-13-17-24(18-14-22)25-19-15-23(16-20-25)10-7-12-26-11-6-8-21(2)27(26)31(28,29)30/h6,8,11,22-25H,3-5,7,9-10,12-20H2,1-2H3,(H,28,29,30). The van der Waals surface area contributed by atoms with Crippen molar-refractivity contribution in [3.05, 3.63) is 29.3 Å². The summed E-state index contributed by atoms with van der Waals surface area (Å²) in [5, 5.41) is 0. The normalized spacial score (nSPS) is 27.3. The first-order valence-electron chi connectivity index (χ1n) is 12.9. The van der Waals surface area contributed by atoms with Gasteiger partial charge in [-0.15, -0.1) is 0 Å². The van der Waals surface area contributed by atoms with Crippen LogP contribution in [-0.2, 0) is 16.5 Å². The van der Waals surface area contributed by atoms with E-state index in [-0.39, 0.29) is 4.90 Å². The van der Waals surface area contributed by atoms with Crippen molar-refractivity contribution in [3.8, 4) is 0 Å². The summed E-state index contributed by atoms with van der Waals surface area (Å²) in [6.45, 7) is 4.05. The molecule has 2 saturated carbocycles. The predicted octanol–water partition coefficient (Wildman–Crippen LogP) is 7.76. The van der Waals surface area contributed by atoms with Gasteiger partial charge in [0.1, 0.15) is 0 Å². The number of hydrogen-bond acceptors (Lipinski definition) is 2. The molecule has 0 amide bonds. The van der Waals surface area contributed by atoms with Crippen molar-refractivity contribution in [1.29, 1.82) is 0 Å². The number of unbranched alkanes of at least 4 members (excludes halogenated alkanes) is 2. The molecular weight excluding hydrogens is 404 g/mol. The van der Waals surface area contributed by atoms with Gasteiger partial charge in [-0.25, -0.2) is 0 Å². The van der Waals surface area contributed by atoms with E-state index < -0.39 is 10.1 Å². The van der Waals surface area contributed by atoms with Crippen molar-refractivity contribution < 1.29 is 13.0 Å². The van der Waals surface area contributed by atoms with E-state index in [1.54, 1.807) is 13.0 Å². The highest BCUT2D eigenvalue weighted by Crippen LogP contribution is 2.43. The molecule has 0 heterocycles. The molecule has 176 valence electrons. The highest BCUT2D eigenvalue weighted by atomic mass is 32.2. The average Bonchev–Trinajstić information content (AvgIpc) is 2.74. The second kappa shape index (κ2) is 11.8.